The summed E-state index contributed by atoms with van der Waals surface area (Å²) >= 11 is 7.59. The van der Waals surface area contributed by atoms with Crippen molar-refractivity contribution in [3.8, 4) is 5.75 Å². The fourth-order valence-electron chi connectivity index (χ4n) is 3.83. The smallest absolute Gasteiger partial charge is 0.282 e. The van der Waals surface area contributed by atoms with Crippen LogP contribution < -0.4 is 15.0 Å². The number of methoxy groups -OCH3 is 1. The van der Waals surface area contributed by atoms with Crippen molar-refractivity contribution in [1.82, 2.24) is 15.2 Å². The number of nitrogens with zero attached hydrogens (tertiary/aromatic N) is 4. The summed E-state index contributed by atoms with van der Waals surface area (Å²) in [5.41, 5.74) is 1.80. The predicted octanol–water partition coefficient (Wildman–Crippen LogP) is 3.73. The Hall–Kier alpha value is -2.95. The number of hydrogen-bond donors (Lipinski definition) is 1. The van der Waals surface area contributed by atoms with Crippen molar-refractivity contribution < 1.29 is 14.5 Å². The molecule has 1 saturated heterocycles. The van der Waals surface area contributed by atoms with Crippen molar-refractivity contribution in [2.45, 2.75) is 6.92 Å². The maximum absolute atomic E-state index is 12.4. The maximum atomic E-state index is 12.4. The second kappa shape index (κ2) is 9.90. The van der Waals surface area contributed by atoms with Gasteiger partial charge in [0, 0.05) is 50.4 Å². The average molecular weight is 490 g/mol. The van der Waals surface area contributed by atoms with Gasteiger partial charge in [-0.15, -0.1) is 0 Å². The molecule has 1 aliphatic heterocycles. The molecule has 0 unspecified atom stereocenters. The second-order valence-electron chi connectivity index (χ2n) is 7.76. The number of fused-ring (bicyclic) bond motifs is 1. The molecular formula is C22H24ClN5O4S. The number of rotatable bonds is 7. The molecule has 1 aromatic heterocycles. The summed E-state index contributed by atoms with van der Waals surface area (Å²) in [7, 11) is 1.66. The molecule has 1 aliphatic rings. The third kappa shape index (κ3) is 5.02. The van der Waals surface area contributed by atoms with Gasteiger partial charge in [0.15, 0.2) is 5.13 Å². The Bertz CT molecular complexity index is 1190. The summed E-state index contributed by atoms with van der Waals surface area (Å²) in [6, 6.07) is 7.97. The van der Waals surface area contributed by atoms with Gasteiger partial charge < -0.3 is 15.0 Å². The molecule has 1 N–H and O–H groups in total. The minimum absolute atomic E-state index is 0.0288. The third-order valence-corrected chi connectivity index (χ3v) is 7.15. The van der Waals surface area contributed by atoms with E-state index in [0.717, 1.165) is 47.3 Å². The minimum Gasteiger partial charge on any atom is -0.494 e. The molecule has 2 aromatic carbocycles. The van der Waals surface area contributed by atoms with Crippen molar-refractivity contribution in [1.29, 1.82) is 0 Å². The number of aryl methyl sites for hydroxylation is 1. The van der Waals surface area contributed by atoms with E-state index in [-0.39, 0.29) is 16.3 Å². The van der Waals surface area contributed by atoms with Gasteiger partial charge in [-0.1, -0.05) is 29.0 Å². The number of nitro benzene ring substituents is 1. The highest BCUT2D eigenvalue weighted by Crippen LogP contribution is 2.36. The third-order valence-electron chi connectivity index (χ3n) is 5.67. The maximum Gasteiger partial charge on any atom is 0.282 e. The fourth-order valence-corrected chi connectivity index (χ4v) is 5.11. The highest BCUT2D eigenvalue weighted by atomic mass is 35.5. The van der Waals surface area contributed by atoms with Crippen LogP contribution in [-0.4, -0.2) is 67.1 Å². The molecule has 0 spiro atoms. The van der Waals surface area contributed by atoms with Gasteiger partial charge in [0.25, 0.3) is 11.6 Å². The first-order valence-corrected chi connectivity index (χ1v) is 11.7. The van der Waals surface area contributed by atoms with E-state index in [1.807, 2.05) is 12.1 Å². The minimum atomic E-state index is -0.580. The summed E-state index contributed by atoms with van der Waals surface area (Å²) in [5.74, 6) is 0.286. The Morgan fingerprint density at radius 1 is 1.27 bits per heavy atom. The molecule has 33 heavy (non-hydrogen) atoms. The van der Waals surface area contributed by atoms with Crippen molar-refractivity contribution in [3.05, 3.63) is 56.6 Å². The number of halogens is 1. The van der Waals surface area contributed by atoms with Crippen LogP contribution >= 0.6 is 22.9 Å². The Balaban J connectivity index is 1.31. The quantitative estimate of drug-likeness (QED) is 0.398. The zero-order chi connectivity index (χ0) is 23.5. The molecule has 2 heterocycles. The Kier molecular flexibility index (Phi) is 6.96. The van der Waals surface area contributed by atoms with Crippen LogP contribution in [0.25, 0.3) is 10.2 Å². The number of ether oxygens (including phenoxy) is 1. The van der Waals surface area contributed by atoms with E-state index in [1.54, 1.807) is 18.4 Å². The zero-order valence-electron chi connectivity index (χ0n) is 18.3. The molecular weight excluding hydrogens is 466 g/mol. The van der Waals surface area contributed by atoms with Gasteiger partial charge in [-0.25, -0.2) is 4.98 Å². The van der Waals surface area contributed by atoms with E-state index in [0.29, 0.717) is 13.1 Å². The summed E-state index contributed by atoms with van der Waals surface area (Å²) in [4.78, 5) is 32.4. The first-order valence-electron chi connectivity index (χ1n) is 10.5. The van der Waals surface area contributed by atoms with Crippen molar-refractivity contribution in [3.63, 3.8) is 0 Å². The van der Waals surface area contributed by atoms with E-state index in [1.165, 1.54) is 23.8 Å². The Labute approximate surface area is 200 Å². The molecule has 3 aromatic rings. The molecule has 0 saturated carbocycles. The van der Waals surface area contributed by atoms with Crippen LogP contribution in [0.1, 0.15) is 15.9 Å². The molecule has 0 aliphatic carbocycles. The standard InChI is InChI=1S/C22H24ClN5O4S/c1-14-3-6-18(32-2)19-20(14)33-22(25-19)27-11-9-26(10-12-27)8-7-24-21(29)16-13-15(23)4-5-17(16)28(30)31/h3-6,13H,7-12H2,1-2H3,(H,24,29). The predicted molar refractivity (Wildman–Crippen MR) is 130 cm³/mol. The summed E-state index contributed by atoms with van der Waals surface area (Å²) in [5, 5.41) is 15.2. The number of aromatic nitrogens is 1. The van der Waals surface area contributed by atoms with Gasteiger partial charge in [0.2, 0.25) is 0 Å². The number of thiazole rings is 1. The van der Waals surface area contributed by atoms with Gasteiger partial charge in [-0.3, -0.25) is 19.8 Å². The van der Waals surface area contributed by atoms with E-state index in [9.17, 15) is 14.9 Å². The first kappa shape index (κ1) is 23.2. The van der Waals surface area contributed by atoms with E-state index in [2.05, 4.69) is 22.0 Å². The second-order valence-corrected chi connectivity index (χ2v) is 9.18. The number of amides is 1. The molecule has 1 fully saturated rings. The fraction of sp³-hybridized carbons (Fsp3) is 0.364. The van der Waals surface area contributed by atoms with Gasteiger partial charge >= 0.3 is 0 Å². The lowest BCUT2D eigenvalue weighted by atomic mass is 10.1. The van der Waals surface area contributed by atoms with Gasteiger partial charge in [-0.2, -0.15) is 0 Å². The molecule has 1 amide bonds. The molecule has 4 rings (SSSR count). The summed E-state index contributed by atoms with van der Waals surface area (Å²) in [6.07, 6.45) is 0. The van der Waals surface area contributed by atoms with Gasteiger partial charge in [-0.05, 0) is 30.7 Å². The number of nitrogens with one attached hydrogen (secondary N) is 1. The van der Waals surface area contributed by atoms with Crippen LogP contribution in [-0.2, 0) is 0 Å². The normalized spacial score (nSPS) is 14.5. The summed E-state index contributed by atoms with van der Waals surface area (Å²) in [6.45, 7) is 6.44. The van der Waals surface area contributed by atoms with Gasteiger partial charge in [0.1, 0.15) is 16.8 Å². The monoisotopic (exact) mass is 489 g/mol. The Morgan fingerprint density at radius 3 is 2.73 bits per heavy atom. The zero-order valence-corrected chi connectivity index (χ0v) is 19.9. The number of piperazine rings is 1. The van der Waals surface area contributed by atoms with Crippen molar-refractivity contribution >= 4 is 49.9 Å². The first-order chi connectivity index (χ1) is 15.9. The average Bonchev–Trinajstić information content (AvgIpc) is 3.26. The highest BCUT2D eigenvalue weighted by Gasteiger charge is 2.23. The van der Waals surface area contributed by atoms with Crippen LogP contribution in [0.5, 0.6) is 5.75 Å². The lowest BCUT2D eigenvalue weighted by molar-refractivity contribution is -0.385. The molecule has 0 bridgehead atoms. The van der Waals surface area contributed by atoms with Crippen LogP contribution in [0.4, 0.5) is 10.8 Å². The number of hydrogen-bond acceptors (Lipinski definition) is 8. The Morgan fingerprint density at radius 2 is 2.03 bits per heavy atom. The molecule has 174 valence electrons. The number of nitro groups is 1. The van der Waals surface area contributed by atoms with E-state index in [4.69, 9.17) is 21.3 Å². The van der Waals surface area contributed by atoms with E-state index >= 15 is 0 Å². The van der Waals surface area contributed by atoms with Crippen molar-refractivity contribution in [2.24, 2.45) is 0 Å². The molecule has 11 heteroatoms. The van der Waals surface area contributed by atoms with E-state index < -0.39 is 10.8 Å². The van der Waals surface area contributed by atoms with Crippen LogP contribution in [0, 0.1) is 17.0 Å². The lowest BCUT2D eigenvalue weighted by Gasteiger charge is -2.34. The number of carbonyl (C=O) groups is 1. The van der Waals surface area contributed by atoms with Crippen LogP contribution in [0.15, 0.2) is 30.3 Å². The topological polar surface area (TPSA) is 101 Å². The highest BCUT2D eigenvalue weighted by molar-refractivity contribution is 7.22. The van der Waals surface area contributed by atoms with Crippen LogP contribution in [0.3, 0.4) is 0 Å². The SMILES string of the molecule is COc1ccc(C)c2sc(N3CCN(CCNC(=O)c4cc(Cl)ccc4[N+](=O)[O-])CC3)nc12. The largest absolute Gasteiger partial charge is 0.494 e. The number of benzene rings is 2. The van der Waals surface area contributed by atoms with Crippen LogP contribution in [0.2, 0.25) is 5.02 Å². The molecule has 9 nitrogen and oxygen atoms in total. The van der Waals surface area contributed by atoms with Crippen molar-refractivity contribution in [2.75, 3.05) is 51.3 Å². The number of carbonyl (C=O) groups excluding carboxylic acids is 1. The summed E-state index contributed by atoms with van der Waals surface area (Å²) < 4.78 is 6.60. The number of anilines is 1. The molecule has 0 atom stereocenters. The molecule has 0 radical (unpaired) electrons. The lowest BCUT2D eigenvalue weighted by Crippen LogP contribution is -2.48. The van der Waals surface area contributed by atoms with Gasteiger partial charge in [0.05, 0.1) is 16.7 Å².